The van der Waals surface area contributed by atoms with Gasteiger partial charge in [0.15, 0.2) is 26.0 Å². The third-order valence-corrected chi connectivity index (χ3v) is 11.7. The number of hydrogen-bond acceptors (Lipinski definition) is 5. The van der Waals surface area contributed by atoms with E-state index in [9.17, 15) is 19.8 Å². The molecule has 1 aromatic rings. The van der Waals surface area contributed by atoms with E-state index in [2.05, 4.69) is 33.9 Å². The number of carbonyl (C=O) groups is 2. The quantitative estimate of drug-likeness (QED) is 0.629. The average molecular weight is 461 g/mol. The van der Waals surface area contributed by atoms with Crippen LogP contribution >= 0.6 is 0 Å². The van der Waals surface area contributed by atoms with Crippen molar-refractivity contribution in [1.29, 1.82) is 0 Å². The standard InChI is InChI=1S/C23H32N2O6Si/c1-23(2,3)32(5,6)31-21-17-9-14(13-7-8-13)12-24(17)20(27)15-10-19(30-4)18(26)11-16(15)25(21)22(28)29/h10-13,17,21,26H,7-9H2,1-6H3,(H,28,29)/t17?,21-/m0/s1. The molecule has 0 radical (unpaired) electrons. The Morgan fingerprint density at radius 2 is 1.88 bits per heavy atom. The molecule has 1 aromatic carbocycles. The van der Waals surface area contributed by atoms with Crippen LogP contribution in [-0.4, -0.2) is 54.8 Å². The zero-order chi connectivity index (χ0) is 23.6. The summed E-state index contributed by atoms with van der Waals surface area (Å²) >= 11 is 0. The minimum Gasteiger partial charge on any atom is -0.504 e. The van der Waals surface area contributed by atoms with Crippen LogP contribution in [0.5, 0.6) is 11.5 Å². The van der Waals surface area contributed by atoms with Gasteiger partial charge in [-0.1, -0.05) is 20.8 Å². The first kappa shape index (κ1) is 22.7. The van der Waals surface area contributed by atoms with Crippen LogP contribution in [0.4, 0.5) is 10.5 Å². The van der Waals surface area contributed by atoms with E-state index >= 15 is 0 Å². The van der Waals surface area contributed by atoms with Crippen LogP contribution in [0.2, 0.25) is 18.1 Å². The summed E-state index contributed by atoms with van der Waals surface area (Å²) in [5, 5.41) is 20.5. The second-order valence-electron chi connectivity index (χ2n) is 10.4. The van der Waals surface area contributed by atoms with Gasteiger partial charge in [0, 0.05) is 12.3 Å². The molecule has 32 heavy (non-hydrogen) atoms. The van der Waals surface area contributed by atoms with Gasteiger partial charge in [0.05, 0.1) is 24.4 Å². The molecule has 2 atom stereocenters. The fourth-order valence-corrected chi connectivity index (χ4v) is 5.42. The first-order valence-electron chi connectivity index (χ1n) is 11.0. The van der Waals surface area contributed by atoms with Gasteiger partial charge in [0.2, 0.25) is 0 Å². The fourth-order valence-electron chi connectivity index (χ4n) is 4.20. The summed E-state index contributed by atoms with van der Waals surface area (Å²) in [4.78, 5) is 29.0. The number of aromatic hydroxyl groups is 1. The number of nitrogens with zero attached hydrogens (tertiary/aromatic N) is 2. The molecule has 2 aliphatic heterocycles. The Bertz CT molecular complexity index is 995. The Balaban J connectivity index is 1.90. The third kappa shape index (κ3) is 3.67. The van der Waals surface area contributed by atoms with Crippen molar-refractivity contribution in [3.8, 4) is 11.5 Å². The summed E-state index contributed by atoms with van der Waals surface area (Å²) in [7, 11) is -1.03. The van der Waals surface area contributed by atoms with Gasteiger partial charge in [-0.3, -0.25) is 4.79 Å². The van der Waals surface area contributed by atoms with Crippen molar-refractivity contribution in [2.45, 2.75) is 70.4 Å². The van der Waals surface area contributed by atoms with Crippen LogP contribution < -0.4 is 9.64 Å². The maximum absolute atomic E-state index is 13.6. The minimum atomic E-state index is -2.42. The van der Waals surface area contributed by atoms with Crippen LogP contribution in [0.15, 0.2) is 23.9 Å². The molecule has 2 heterocycles. The molecular weight excluding hydrogens is 428 g/mol. The molecule has 1 saturated carbocycles. The molecule has 4 rings (SSSR count). The van der Waals surface area contributed by atoms with Crippen LogP contribution in [-0.2, 0) is 4.43 Å². The van der Waals surface area contributed by atoms with E-state index in [0.717, 1.165) is 17.7 Å². The lowest BCUT2D eigenvalue weighted by Gasteiger charge is -2.44. The van der Waals surface area contributed by atoms with Crippen molar-refractivity contribution in [3.05, 3.63) is 29.5 Å². The number of benzene rings is 1. The summed E-state index contributed by atoms with van der Waals surface area (Å²) in [6, 6.07) is 2.23. The highest BCUT2D eigenvalue weighted by molar-refractivity contribution is 6.74. The molecule has 1 aliphatic carbocycles. The SMILES string of the molecule is COc1cc2c(cc1O)N(C(=O)O)[C@@H](O[Si](C)(C)C(C)(C)C)C1CC(C3CC3)=CN1C2=O. The molecule has 0 bridgehead atoms. The highest BCUT2D eigenvalue weighted by Crippen LogP contribution is 2.48. The number of fused-ring (bicyclic) bond motifs is 2. The van der Waals surface area contributed by atoms with Crippen LogP contribution in [0.25, 0.3) is 0 Å². The highest BCUT2D eigenvalue weighted by atomic mass is 28.4. The number of ether oxygens (including phenoxy) is 1. The number of methoxy groups -OCH3 is 1. The van der Waals surface area contributed by atoms with E-state index < -0.39 is 26.7 Å². The number of amides is 2. The molecule has 0 aromatic heterocycles. The first-order chi connectivity index (χ1) is 14.9. The maximum atomic E-state index is 13.6. The number of carbonyl (C=O) groups excluding carboxylic acids is 1. The van der Waals surface area contributed by atoms with Crippen molar-refractivity contribution in [1.82, 2.24) is 4.90 Å². The van der Waals surface area contributed by atoms with Crippen LogP contribution in [0.3, 0.4) is 0 Å². The molecule has 2 N–H and O–H groups in total. The van der Waals surface area contributed by atoms with E-state index in [1.165, 1.54) is 24.8 Å². The third-order valence-electron chi connectivity index (χ3n) is 7.24. The predicted molar refractivity (Wildman–Crippen MR) is 123 cm³/mol. The van der Waals surface area contributed by atoms with E-state index in [1.54, 1.807) is 4.90 Å². The second-order valence-corrected chi connectivity index (χ2v) is 15.2. The van der Waals surface area contributed by atoms with Crippen molar-refractivity contribution < 1.29 is 29.0 Å². The van der Waals surface area contributed by atoms with Gasteiger partial charge in [-0.25, -0.2) is 9.69 Å². The number of carboxylic acid groups (broad SMARTS) is 1. The topological polar surface area (TPSA) is 99.5 Å². The van der Waals surface area contributed by atoms with Crippen molar-refractivity contribution in [2.75, 3.05) is 12.0 Å². The van der Waals surface area contributed by atoms with E-state index in [1.807, 2.05) is 6.20 Å². The normalized spacial score (nSPS) is 23.4. The molecule has 1 fully saturated rings. The van der Waals surface area contributed by atoms with Crippen molar-refractivity contribution in [3.63, 3.8) is 0 Å². The Kier molecular flexibility index (Phi) is 5.32. The van der Waals surface area contributed by atoms with Crippen LogP contribution in [0.1, 0.15) is 50.4 Å². The Hall–Kier alpha value is -2.52. The molecular formula is C23H32N2O6Si. The number of phenolic OH excluding ortho intramolecular Hbond substituents is 1. The van der Waals surface area contributed by atoms with Gasteiger partial charge >= 0.3 is 6.09 Å². The average Bonchev–Trinajstić information content (AvgIpc) is 3.45. The monoisotopic (exact) mass is 460 g/mol. The van der Waals surface area contributed by atoms with Gasteiger partial charge in [-0.2, -0.15) is 0 Å². The van der Waals surface area contributed by atoms with Crippen LogP contribution in [0, 0.1) is 5.92 Å². The Morgan fingerprint density at radius 3 is 2.41 bits per heavy atom. The van der Waals surface area contributed by atoms with Gasteiger partial charge in [-0.05, 0) is 55.0 Å². The minimum absolute atomic E-state index is 0.111. The zero-order valence-electron chi connectivity index (χ0n) is 19.5. The number of phenols is 1. The molecule has 9 heteroatoms. The highest BCUT2D eigenvalue weighted by Gasteiger charge is 2.51. The maximum Gasteiger partial charge on any atom is 0.414 e. The summed E-state index contributed by atoms with van der Waals surface area (Å²) in [6.45, 7) is 10.4. The van der Waals surface area contributed by atoms with Gasteiger partial charge in [-0.15, -0.1) is 0 Å². The summed E-state index contributed by atoms with van der Waals surface area (Å²) < 4.78 is 11.9. The van der Waals surface area contributed by atoms with Crippen molar-refractivity contribution in [2.24, 2.45) is 5.92 Å². The second kappa shape index (κ2) is 7.52. The lowest BCUT2D eigenvalue weighted by atomic mass is 10.1. The summed E-state index contributed by atoms with van der Waals surface area (Å²) in [5.41, 5.74) is 1.45. The van der Waals surface area contributed by atoms with Gasteiger partial charge < -0.3 is 24.3 Å². The molecule has 174 valence electrons. The first-order valence-corrected chi connectivity index (χ1v) is 13.9. The smallest absolute Gasteiger partial charge is 0.414 e. The predicted octanol–water partition coefficient (Wildman–Crippen LogP) is 4.76. The Labute approximate surface area is 189 Å². The number of rotatable bonds is 4. The largest absolute Gasteiger partial charge is 0.504 e. The molecule has 8 nitrogen and oxygen atoms in total. The lowest BCUT2D eigenvalue weighted by Crippen LogP contribution is -2.57. The summed E-state index contributed by atoms with van der Waals surface area (Å²) in [5.74, 6) is 0.0304. The van der Waals surface area contributed by atoms with E-state index in [0.29, 0.717) is 12.3 Å². The zero-order valence-corrected chi connectivity index (χ0v) is 20.5. The molecule has 3 aliphatic rings. The lowest BCUT2D eigenvalue weighted by molar-refractivity contribution is 0.0602. The van der Waals surface area contributed by atoms with E-state index in [4.69, 9.17) is 9.16 Å². The molecule has 2 amide bonds. The van der Waals surface area contributed by atoms with Gasteiger partial charge in [0.25, 0.3) is 5.91 Å². The fraction of sp³-hybridized carbons (Fsp3) is 0.565. The summed E-state index contributed by atoms with van der Waals surface area (Å²) in [6.07, 6.45) is 2.54. The number of anilines is 1. The van der Waals surface area contributed by atoms with E-state index in [-0.39, 0.29) is 33.7 Å². The van der Waals surface area contributed by atoms with Gasteiger partial charge in [0.1, 0.15) is 0 Å². The molecule has 1 unspecified atom stereocenters. The van der Waals surface area contributed by atoms with Crippen molar-refractivity contribution >= 4 is 26.0 Å². The number of hydrogen-bond donors (Lipinski definition) is 2. The Morgan fingerprint density at radius 1 is 1.22 bits per heavy atom. The molecule has 0 saturated heterocycles. The molecule has 0 spiro atoms.